The number of methoxy groups -OCH3 is 1. The van der Waals surface area contributed by atoms with Gasteiger partial charge in [-0.1, -0.05) is 78.0 Å². The van der Waals surface area contributed by atoms with Crippen LogP contribution in [0, 0.1) is 0 Å². The van der Waals surface area contributed by atoms with Gasteiger partial charge >= 0.3 is 0 Å². The maximum Gasteiger partial charge on any atom is 0.278 e. The standard InChI is InChI=1S/C27H22ClN3O2S/c1-33-22-13-9-18(10-14-22)16-31-26(32)25-24(23(15-29-25)20-5-3-2-4-6-20)30-27(31)34-17-19-7-11-21(28)12-8-19/h2-15,29H,16-17H2,1H3. The van der Waals surface area contributed by atoms with E-state index < -0.39 is 0 Å². The van der Waals surface area contributed by atoms with Gasteiger partial charge in [0.1, 0.15) is 16.8 Å². The molecule has 1 N–H and O–H groups in total. The lowest BCUT2D eigenvalue weighted by atomic mass is 10.1. The van der Waals surface area contributed by atoms with Crippen molar-refractivity contribution in [1.29, 1.82) is 0 Å². The van der Waals surface area contributed by atoms with E-state index in [2.05, 4.69) is 4.98 Å². The molecule has 0 saturated heterocycles. The van der Waals surface area contributed by atoms with Crippen LogP contribution in [0.15, 0.2) is 95.0 Å². The topological polar surface area (TPSA) is 59.9 Å². The summed E-state index contributed by atoms with van der Waals surface area (Å²) in [5, 5.41) is 1.37. The van der Waals surface area contributed by atoms with Crippen molar-refractivity contribution in [2.45, 2.75) is 17.5 Å². The molecule has 34 heavy (non-hydrogen) atoms. The summed E-state index contributed by atoms with van der Waals surface area (Å²) in [5.41, 5.74) is 5.12. The summed E-state index contributed by atoms with van der Waals surface area (Å²) in [5.74, 6) is 1.45. The summed E-state index contributed by atoms with van der Waals surface area (Å²) >= 11 is 7.58. The summed E-state index contributed by atoms with van der Waals surface area (Å²) in [6.07, 6.45) is 1.86. The molecule has 0 atom stereocenters. The van der Waals surface area contributed by atoms with Crippen molar-refractivity contribution in [2.24, 2.45) is 0 Å². The van der Waals surface area contributed by atoms with E-state index in [4.69, 9.17) is 21.3 Å². The Morgan fingerprint density at radius 2 is 1.68 bits per heavy atom. The van der Waals surface area contributed by atoms with E-state index in [0.29, 0.717) is 33.5 Å². The Kier molecular flexibility index (Phi) is 6.43. The SMILES string of the molecule is COc1ccc(Cn2c(SCc3ccc(Cl)cc3)nc3c(-c4ccccc4)c[nH]c3c2=O)cc1. The van der Waals surface area contributed by atoms with Crippen molar-refractivity contribution in [2.75, 3.05) is 7.11 Å². The molecule has 0 aliphatic heterocycles. The Bertz CT molecular complexity index is 1480. The number of fused-ring (bicyclic) bond motifs is 1. The van der Waals surface area contributed by atoms with E-state index in [-0.39, 0.29) is 5.56 Å². The van der Waals surface area contributed by atoms with Crippen molar-refractivity contribution >= 4 is 34.4 Å². The summed E-state index contributed by atoms with van der Waals surface area (Å²) in [4.78, 5) is 21.8. The zero-order valence-corrected chi connectivity index (χ0v) is 20.1. The lowest BCUT2D eigenvalue weighted by Gasteiger charge is -2.13. The number of benzene rings is 3. The lowest BCUT2D eigenvalue weighted by Crippen LogP contribution is -2.24. The summed E-state index contributed by atoms with van der Waals surface area (Å²) in [6, 6.07) is 25.4. The van der Waals surface area contributed by atoms with Crippen LogP contribution in [0.2, 0.25) is 5.02 Å². The van der Waals surface area contributed by atoms with Gasteiger partial charge in [-0.05, 0) is 41.0 Å². The van der Waals surface area contributed by atoms with Gasteiger partial charge in [-0.15, -0.1) is 0 Å². The van der Waals surface area contributed by atoms with Crippen LogP contribution in [0.25, 0.3) is 22.2 Å². The number of halogens is 1. The molecule has 0 spiro atoms. The van der Waals surface area contributed by atoms with E-state index >= 15 is 0 Å². The molecule has 0 amide bonds. The van der Waals surface area contributed by atoms with Crippen LogP contribution in [0.4, 0.5) is 0 Å². The fourth-order valence-corrected chi connectivity index (χ4v) is 4.88. The predicted molar refractivity (Wildman–Crippen MR) is 139 cm³/mol. The first-order valence-electron chi connectivity index (χ1n) is 10.8. The van der Waals surface area contributed by atoms with Gasteiger partial charge in [0, 0.05) is 22.5 Å². The van der Waals surface area contributed by atoms with Gasteiger partial charge in [0.2, 0.25) is 0 Å². The highest BCUT2D eigenvalue weighted by molar-refractivity contribution is 7.98. The molecule has 0 radical (unpaired) electrons. The third-order valence-corrected chi connectivity index (χ3v) is 6.92. The van der Waals surface area contributed by atoms with Gasteiger partial charge in [0.05, 0.1) is 13.7 Å². The van der Waals surface area contributed by atoms with Gasteiger partial charge in [0.15, 0.2) is 5.16 Å². The molecular formula is C27H22ClN3O2S. The average Bonchev–Trinajstić information content (AvgIpc) is 3.31. The van der Waals surface area contributed by atoms with Crippen molar-refractivity contribution in [3.8, 4) is 16.9 Å². The number of thioether (sulfide) groups is 1. The molecule has 5 nitrogen and oxygen atoms in total. The normalized spacial score (nSPS) is 11.1. The highest BCUT2D eigenvalue weighted by Crippen LogP contribution is 2.29. The fourth-order valence-electron chi connectivity index (χ4n) is 3.80. The highest BCUT2D eigenvalue weighted by Gasteiger charge is 2.17. The minimum atomic E-state index is -0.0957. The molecule has 0 aliphatic carbocycles. The summed E-state index contributed by atoms with van der Waals surface area (Å²) < 4.78 is 7.00. The molecule has 5 aromatic rings. The zero-order chi connectivity index (χ0) is 23.5. The maximum atomic E-state index is 13.6. The average molecular weight is 488 g/mol. The number of nitrogens with zero attached hydrogens (tertiary/aromatic N) is 2. The first-order valence-corrected chi connectivity index (χ1v) is 12.2. The smallest absolute Gasteiger partial charge is 0.278 e. The Hall–Kier alpha value is -3.48. The van der Waals surface area contributed by atoms with Crippen molar-refractivity contribution in [3.05, 3.63) is 112 Å². The number of ether oxygens (including phenoxy) is 1. The molecule has 0 bridgehead atoms. The molecule has 7 heteroatoms. The largest absolute Gasteiger partial charge is 0.497 e. The predicted octanol–water partition coefficient (Wildman–Crippen LogP) is 6.39. The highest BCUT2D eigenvalue weighted by atomic mass is 35.5. The van der Waals surface area contributed by atoms with Crippen LogP contribution in [-0.4, -0.2) is 21.6 Å². The van der Waals surface area contributed by atoms with E-state index in [9.17, 15) is 4.79 Å². The third kappa shape index (κ3) is 4.60. The van der Waals surface area contributed by atoms with Crippen molar-refractivity contribution in [3.63, 3.8) is 0 Å². The molecule has 0 aliphatic rings. The second-order valence-corrected chi connectivity index (χ2v) is 9.22. The summed E-state index contributed by atoms with van der Waals surface area (Å²) in [7, 11) is 1.64. The Morgan fingerprint density at radius 1 is 0.971 bits per heavy atom. The number of aromatic nitrogens is 3. The van der Waals surface area contributed by atoms with Gasteiger partial charge in [-0.3, -0.25) is 9.36 Å². The molecule has 170 valence electrons. The first kappa shape index (κ1) is 22.3. The van der Waals surface area contributed by atoms with Crippen LogP contribution >= 0.6 is 23.4 Å². The molecule has 3 aromatic carbocycles. The first-order chi connectivity index (χ1) is 16.6. The number of hydrogen-bond acceptors (Lipinski definition) is 4. The van der Waals surface area contributed by atoms with Crippen LogP contribution in [0.3, 0.4) is 0 Å². The lowest BCUT2D eigenvalue weighted by molar-refractivity contribution is 0.414. The number of H-pyrrole nitrogens is 1. The van der Waals surface area contributed by atoms with Crippen LogP contribution in [-0.2, 0) is 12.3 Å². The number of nitrogens with one attached hydrogen (secondary N) is 1. The Morgan fingerprint density at radius 3 is 2.38 bits per heavy atom. The van der Waals surface area contributed by atoms with E-state index in [1.807, 2.05) is 85.1 Å². The Balaban J connectivity index is 1.58. The maximum absolute atomic E-state index is 13.6. The van der Waals surface area contributed by atoms with Crippen LogP contribution < -0.4 is 10.3 Å². The van der Waals surface area contributed by atoms with Crippen LogP contribution in [0.5, 0.6) is 5.75 Å². The van der Waals surface area contributed by atoms with Gasteiger partial charge in [0.25, 0.3) is 5.56 Å². The minimum Gasteiger partial charge on any atom is -0.497 e. The van der Waals surface area contributed by atoms with Gasteiger partial charge in [-0.2, -0.15) is 0 Å². The number of rotatable bonds is 7. The van der Waals surface area contributed by atoms with Crippen LogP contribution in [0.1, 0.15) is 11.1 Å². The third-order valence-electron chi connectivity index (χ3n) is 5.62. The number of aromatic amines is 1. The molecular weight excluding hydrogens is 466 g/mol. The molecule has 0 fully saturated rings. The summed E-state index contributed by atoms with van der Waals surface area (Å²) in [6.45, 7) is 0.411. The molecule has 2 heterocycles. The molecule has 0 unspecified atom stereocenters. The fraction of sp³-hybridized carbons (Fsp3) is 0.111. The molecule has 2 aromatic heterocycles. The second kappa shape index (κ2) is 9.79. The zero-order valence-electron chi connectivity index (χ0n) is 18.5. The Labute approximate surface area is 206 Å². The van der Waals surface area contributed by atoms with Crippen molar-refractivity contribution in [1.82, 2.24) is 14.5 Å². The van der Waals surface area contributed by atoms with E-state index in [1.54, 1.807) is 11.7 Å². The molecule has 0 saturated carbocycles. The quantitative estimate of drug-likeness (QED) is 0.213. The minimum absolute atomic E-state index is 0.0957. The van der Waals surface area contributed by atoms with Crippen molar-refractivity contribution < 1.29 is 4.74 Å². The number of hydrogen-bond donors (Lipinski definition) is 1. The monoisotopic (exact) mass is 487 g/mol. The van der Waals surface area contributed by atoms with Gasteiger partial charge < -0.3 is 9.72 Å². The van der Waals surface area contributed by atoms with E-state index in [0.717, 1.165) is 28.0 Å². The van der Waals surface area contributed by atoms with E-state index in [1.165, 1.54) is 11.8 Å². The molecule has 5 rings (SSSR count). The second-order valence-electron chi connectivity index (χ2n) is 7.84. The van der Waals surface area contributed by atoms with Gasteiger partial charge in [-0.25, -0.2) is 4.98 Å².